The quantitative estimate of drug-likeness (QED) is 0.894. The van der Waals surface area contributed by atoms with E-state index in [1.54, 1.807) is 16.6 Å². The zero-order chi connectivity index (χ0) is 13.5. The molecule has 1 aliphatic heterocycles. The average Bonchev–Trinajstić information content (AvgIpc) is 3.04. The molecule has 1 aromatic rings. The summed E-state index contributed by atoms with van der Waals surface area (Å²) in [6.07, 6.45) is 5.85. The maximum atomic E-state index is 12.8. The average molecular weight is 346 g/mol. The summed E-state index contributed by atoms with van der Waals surface area (Å²) in [5, 5.41) is 3.24. The van der Waals surface area contributed by atoms with Crippen molar-refractivity contribution in [3.63, 3.8) is 0 Å². The third-order valence-corrected chi connectivity index (χ3v) is 5.96. The molecule has 104 valence electrons. The molecule has 2 fully saturated rings. The first-order chi connectivity index (χ1) is 9.09. The van der Waals surface area contributed by atoms with Gasteiger partial charge in [-0.25, -0.2) is 8.42 Å². The van der Waals surface area contributed by atoms with Crippen LogP contribution in [0, 0.1) is 0 Å². The van der Waals surface area contributed by atoms with E-state index in [1.165, 1.54) is 6.20 Å². The molecule has 2 heterocycles. The standard InChI is InChI=1S/C12H16BrN3O2S/c13-9-5-12(8-15-6-9)19(17,18)16(10-1-2-10)11-3-4-14-7-11/h5-6,8,10-11,14H,1-4,7H2. The molecule has 0 amide bonds. The molecular formula is C12H16BrN3O2S. The van der Waals surface area contributed by atoms with E-state index < -0.39 is 10.0 Å². The van der Waals surface area contributed by atoms with Crippen LogP contribution in [0.4, 0.5) is 0 Å². The van der Waals surface area contributed by atoms with Crippen molar-refractivity contribution in [3.05, 3.63) is 22.9 Å². The third kappa shape index (κ3) is 2.69. The molecule has 19 heavy (non-hydrogen) atoms. The zero-order valence-corrected chi connectivity index (χ0v) is 12.8. The zero-order valence-electron chi connectivity index (χ0n) is 10.4. The Morgan fingerprint density at radius 3 is 2.63 bits per heavy atom. The Morgan fingerprint density at radius 1 is 1.26 bits per heavy atom. The third-order valence-electron chi connectivity index (χ3n) is 3.56. The number of hydrogen-bond donors (Lipinski definition) is 1. The molecule has 5 nitrogen and oxygen atoms in total. The molecule has 0 spiro atoms. The van der Waals surface area contributed by atoms with E-state index >= 15 is 0 Å². The van der Waals surface area contributed by atoms with Crippen LogP contribution in [0.15, 0.2) is 27.8 Å². The van der Waals surface area contributed by atoms with Crippen LogP contribution in [-0.2, 0) is 10.0 Å². The molecule has 1 aliphatic carbocycles. The highest BCUT2D eigenvalue weighted by Gasteiger charge is 2.43. The number of halogens is 1. The number of hydrogen-bond acceptors (Lipinski definition) is 4. The Hall–Kier alpha value is -0.500. The molecule has 0 aromatic carbocycles. The Morgan fingerprint density at radius 2 is 2.05 bits per heavy atom. The van der Waals surface area contributed by atoms with E-state index in [2.05, 4.69) is 26.2 Å². The van der Waals surface area contributed by atoms with Crippen molar-refractivity contribution in [3.8, 4) is 0 Å². The lowest BCUT2D eigenvalue weighted by molar-refractivity contribution is 0.327. The van der Waals surface area contributed by atoms with Crippen molar-refractivity contribution in [2.24, 2.45) is 0 Å². The maximum Gasteiger partial charge on any atom is 0.245 e. The maximum absolute atomic E-state index is 12.8. The number of sulfonamides is 1. The van der Waals surface area contributed by atoms with Crippen LogP contribution in [0.3, 0.4) is 0 Å². The van der Waals surface area contributed by atoms with E-state index in [4.69, 9.17) is 0 Å². The van der Waals surface area contributed by atoms with Gasteiger partial charge in [0.25, 0.3) is 0 Å². The first kappa shape index (κ1) is 13.5. The molecule has 2 aliphatic rings. The summed E-state index contributed by atoms with van der Waals surface area (Å²) in [6, 6.07) is 1.88. The molecule has 7 heteroatoms. The van der Waals surface area contributed by atoms with E-state index in [1.807, 2.05) is 0 Å². The molecule has 1 unspecified atom stereocenters. The number of rotatable bonds is 4. The molecule has 0 radical (unpaired) electrons. The van der Waals surface area contributed by atoms with Crippen LogP contribution >= 0.6 is 15.9 Å². The molecule has 1 saturated heterocycles. The highest BCUT2D eigenvalue weighted by molar-refractivity contribution is 9.10. The number of nitrogens with one attached hydrogen (secondary N) is 1. The Balaban J connectivity index is 1.96. The SMILES string of the molecule is O=S(=O)(c1cncc(Br)c1)N(C1CC1)C1CCNC1. The fourth-order valence-electron chi connectivity index (χ4n) is 2.53. The lowest BCUT2D eigenvalue weighted by Gasteiger charge is -2.27. The van der Waals surface area contributed by atoms with Crippen LogP contribution in [-0.4, -0.2) is 42.9 Å². The largest absolute Gasteiger partial charge is 0.315 e. The molecule has 1 saturated carbocycles. The van der Waals surface area contributed by atoms with Crippen LogP contribution < -0.4 is 5.32 Å². The van der Waals surface area contributed by atoms with Gasteiger partial charge in [0, 0.05) is 35.5 Å². The van der Waals surface area contributed by atoms with Crippen LogP contribution in [0.2, 0.25) is 0 Å². The van der Waals surface area contributed by atoms with Crippen LogP contribution in [0.25, 0.3) is 0 Å². The van der Waals surface area contributed by atoms with Gasteiger partial charge < -0.3 is 5.32 Å². The van der Waals surface area contributed by atoms with Crippen molar-refractivity contribution >= 4 is 26.0 Å². The monoisotopic (exact) mass is 345 g/mol. The lowest BCUT2D eigenvalue weighted by atomic mass is 10.2. The van der Waals surface area contributed by atoms with Gasteiger partial charge in [-0.2, -0.15) is 4.31 Å². The Labute approximate surface area is 121 Å². The fraction of sp³-hybridized carbons (Fsp3) is 0.583. The predicted octanol–water partition coefficient (Wildman–Crippen LogP) is 1.36. The van der Waals surface area contributed by atoms with Crippen LogP contribution in [0.1, 0.15) is 19.3 Å². The summed E-state index contributed by atoms with van der Waals surface area (Å²) in [5.41, 5.74) is 0. The first-order valence-corrected chi connectivity index (χ1v) is 8.67. The summed E-state index contributed by atoms with van der Waals surface area (Å²) in [4.78, 5) is 4.25. The van der Waals surface area contributed by atoms with E-state index in [0.29, 0.717) is 4.47 Å². The lowest BCUT2D eigenvalue weighted by Crippen LogP contribution is -2.43. The van der Waals surface area contributed by atoms with E-state index in [0.717, 1.165) is 32.4 Å². The Kier molecular flexibility index (Phi) is 3.63. The minimum absolute atomic E-state index is 0.0801. The fourth-order valence-corrected chi connectivity index (χ4v) is 4.94. The molecule has 1 aromatic heterocycles. The van der Waals surface area contributed by atoms with Gasteiger partial charge in [0.1, 0.15) is 4.90 Å². The number of pyridine rings is 1. The van der Waals surface area contributed by atoms with Crippen molar-refractivity contribution in [2.45, 2.75) is 36.2 Å². The van der Waals surface area contributed by atoms with Crippen molar-refractivity contribution in [1.82, 2.24) is 14.6 Å². The first-order valence-electron chi connectivity index (χ1n) is 6.44. The van der Waals surface area contributed by atoms with E-state index in [9.17, 15) is 8.42 Å². The van der Waals surface area contributed by atoms with Gasteiger partial charge in [-0.05, 0) is 47.8 Å². The second-order valence-corrected chi connectivity index (χ2v) is 7.81. The van der Waals surface area contributed by atoms with Crippen molar-refractivity contribution in [1.29, 1.82) is 0 Å². The van der Waals surface area contributed by atoms with Gasteiger partial charge in [0.15, 0.2) is 0 Å². The topological polar surface area (TPSA) is 62.3 Å². The van der Waals surface area contributed by atoms with Crippen LogP contribution in [0.5, 0.6) is 0 Å². The highest BCUT2D eigenvalue weighted by atomic mass is 79.9. The molecular weight excluding hydrogens is 330 g/mol. The second-order valence-electron chi connectivity index (χ2n) is 5.05. The van der Waals surface area contributed by atoms with Crippen molar-refractivity contribution < 1.29 is 8.42 Å². The van der Waals surface area contributed by atoms with Crippen molar-refractivity contribution in [2.75, 3.05) is 13.1 Å². The molecule has 3 rings (SSSR count). The normalized spacial score (nSPS) is 24.0. The van der Waals surface area contributed by atoms with Gasteiger partial charge in [-0.3, -0.25) is 4.98 Å². The summed E-state index contributed by atoms with van der Waals surface area (Å²) in [5.74, 6) is 0. The summed E-state index contributed by atoms with van der Waals surface area (Å²) >= 11 is 3.28. The number of nitrogens with zero attached hydrogens (tertiary/aromatic N) is 2. The Bertz CT molecular complexity index is 568. The molecule has 1 atom stereocenters. The highest BCUT2D eigenvalue weighted by Crippen LogP contribution is 2.35. The van der Waals surface area contributed by atoms with E-state index in [-0.39, 0.29) is 17.0 Å². The summed E-state index contributed by atoms with van der Waals surface area (Å²) in [6.45, 7) is 1.64. The minimum atomic E-state index is -3.44. The number of aromatic nitrogens is 1. The summed E-state index contributed by atoms with van der Waals surface area (Å²) < 4.78 is 28.0. The summed E-state index contributed by atoms with van der Waals surface area (Å²) in [7, 11) is -3.44. The van der Waals surface area contributed by atoms with Gasteiger partial charge in [-0.1, -0.05) is 0 Å². The smallest absolute Gasteiger partial charge is 0.245 e. The second kappa shape index (κ2) is 5.12. The molecule has 0 bridgehead atoms. The predicted molar refractivity (Wildman–Crippen MR) is 75.3 cm³/mol. The van der Waals surface area contributed by atoms with Gasteiger partial charge >= 0.3 is 0 Å². The minimum Gasteiger partial charge on any atom is -0.315 e. The van der Waals surface area contributed by atoms with Gasteiger partial charge in [-0.15, -0.1) is 0 Å². The van der Waals surface area contributed by atoms with Gasteiger partial charge in [0.2, 0.25) is 10.0 Å². The van der Waals surface area contributed by atoms with Gasteiger partial charge in [0.05, 0.1) is 0 Å². The molecule has 1 N–H and O–H groups in total.